The lowest BCUT2D eigenvalue weighted by molar-refractivity contribution is -0.117. The second-order valence-electron chi connectivity index (χ2n) is 5.89. The Bertz CT molecular complexity index is 791. The molecule has 0 radical (unpaired) electrons. The molecule has 7 nitrogen and oxygen atoms in total. The van der Waals surface area contributed by atoms with Gasteiger partial charge in [0.25, 0.3) is 5.91 Å². The zero-order valence-electron chi connectivity index (χ0n) is 16.4. The first-order chi connectivity index (χ1) is 13.5. The Labute approximate surface area is 164 Å². The minimum Gasteiger partial charge on any atom is -0.490 e. The summed E-state index contributed by atoms with van der Waals surface area (Å²) >= 11 is 0. The molecule has 0 saturated carbocycles. The van der Waals surface area contributed by atoms with Crippen molar-refractivity contribution in [1.29, 1.82) is 0 Å². The topological polar surface area (TPSA) is 99.9 Å². The van der Waals surface area contributed by atoms with Crippen LogP contribution in [0.25, 0.3) is 0 Å². The van der Waals surface area contributed by atoms with Crippen LogP contribution in [0.5, 0.6) is 17.2 Å². The summed E-state index contributed by atoms with van der Waals surface area (Å²) in [5, 5.41) is 2.82. The van der Waals surface area contributed by atoms with E-state index in [4.69, 9.17) is 19.9 Å². The van der Waals surface area contributed by atoms with Crippen molar-refractivity contribution in [3.63, 3.8) is 0 Å². The Kier molecular flexibility index (Phi) is 7.68. The average Bonchev–Trinajstić information content (AvgIpc) is 2.65. The van der Waals surface area contributed by atoms with Crippen LogP contribution in [0, 0.1) is 0 Å². The lowest BCUT2D eigenvalue weighted by Gasteiger charge is -2.17. The number of carbonyl (C=O) groups is 2. The predicted molar refractivity (Wildman–Crippen MR) is 107 cm³/mol. The molecule has 0 bridgehead atoms. The van der Waals surface area contributed by atoms with E-state index in [9.17, 15) is 9.59 Å². The number of amides is 2. The molecule has 0 spiro atoms. The number of nitrogens with two attached hydrogens (primary N) is 1. The van der Waals surface area contributed by atoms with Crippen molar-refractivity contribution in [2.75, 3.05) is 25.1 Å². The van der Waals surface area contributed by atoms with Gasteiger partial charge in [-0.05, 0) is 50.6 Å². The van der Waals surface area contributed by atoms with Crippen molar-refractivity contribution in [2.24, 2.45) is 5.73 Å². The number of anilines is 1. The molecule has 2 aromatic carbocycles. The first-order valence-electron chi connectivity index (χ1n) is 9.23. The fourth-order valence-corrected chi connectivity index (χ4v) is 2.63. The number of carbonyl (C=O) groups excluding carboxylic acids is 2. The Hall–Kier alpha value is -3.22. The normalized spacial score (nSPS) is 10.2. The van der Waals surface area contributed by atoms with E-state index in [1.807, 2.05) is 20.8 Å². The number of ether oxygens (including phenoxy) is 3. The molecule has 3 N–H and O–H groups in total. The van der Waals surface area contributed by atoms with Gasteiger partial charge in [-0.15, -0.1) is 0 Å². The fourth-order valence-electron chi connectivity index (χ4n) is 2.63. The maximum atomic E-state index is 12.7. The number of primary amides is 1. The molecule has 28 heavy (non-hydrogen) atoms. The van der Waals surface area contributed by atoms with E-state index in [2.05, 4.69) is 5.32 Å². The molecular weight excluding hydrogens is 360 g/mol. The summed E-state index contributed by atoms with van der Waals surface area (Å²) < 4.78 is 16.9. The van der Waals surface area contributed by atoms with Crippen LogP contribution in [0.4, 0.5) is 5.69 Å². The summed E-state index contributed by atoms with van der Waals surface area (Å²) in [7, 11) is 0. The molecule has 0 saturated heterocycles. The number of benzene rings is 2. The van der Waals surface area contributed by atoms with Gasteiger partial charge in [-0.3, -0.25) is 9.59 Å². The monoisotopic (exact) mass is 386 g/mol. The van der Waals surface area contributed by atoms with E-state index in [0.717, 1.165) is 5.56 Å². The van der Waals surface area contributed by atoms with Gasteiger partial charge in [0.15, 0.2) is 11.5 Å². The zero-order valence-corrected chi connectivity index (χ0v) is 16.4. The average molecular weight is 386 g/mol. The van der Waals surface area contributed by atoms with Crippen molar-refractivity contribution < 1.29 is 23.8 Å². The van der Waals surface area contributed by atoms with Gasteiger partial charge in [0.2, 0.25) is 11.7 Å². The molecule has 0 heterocycles. The largest absolute Gasteiger partial charge is 0.490 e. The van der Waals surface area contributed by atoms with E-state index in [-0.39, 0.29) is 12.3 Å². The van der Waals surface area contributed by atoms with E-state index in [0.29, 0.717) is 48.3 Å². The number of rotatable bonds is 10. The molecule has 7 heteroatoms. The van der Waals surface area contributed by atoms with Gasteiger partial charge in [-0.2, -0.15) is 0 Å². The van der Waals surface area contributed by atoms with E-state index >= 15 is 0 Å². The first-order valence-corrected chi connectivity index (χ1v) is 9.23. The third-order valence-electron chi connectivity index (χ3n) is 3.76. The molecular formula is C21H26N2O5. The Balaban J connectivity index is 2.27. The highest BCUT2D eigenvalue weighted by Gasteiger charge is 2.18. The zero-order chi connectivity index (χ0) is 20.5. The summed E-state index contributed by atoms with van der Waals surface area (Å²) in [5.41, 5.74) is 6.95. The smallest absolute Gasteiger partial charge is 0.255 e. The van der Waals surface area contributed by atoms with Gasteiger partial charge < -0.3 is 25.3 Å². The number of nitrogens with one attached hydrogen (secondary N) is 1. The highest BCUT2D eigenvalue weighted by atomic mass is 16.5. The lowest BCUT2D eigenvalue weighted by Crippen LogP contribution is -2.14. The lowest BCUT2D eigenvalue weighted by atomic mass is 10.1. The fraction of sp³-hybridized carbons (Fsp3) is 0.333. The molecule has 0 aromatic heterocycles. The van der Waals surface area contributed by atoms with Crippen LogP contribution in [0.15, 0.2) is 36.4 Å². The van der Waals surface area contributed by atoms with Crippen LogP contribution in [0.2, 0.25) is 0 Å². The number of hydrogen-bond donors (Lipinski definition) is 2. The van der Waals surface area contributed by atoms with Crippen LogP contribution >= 0.6 is 0 Å². The maximum Gasteiger partial charge on any atom is 0.255 e. The Morgan fingerprint density at radius 3 is 1.89 bits per heavy atom. The second-order valence-corrected chi connectivity index (χ2v) is 5.89. The molecule has 2 rings (SSSR count). The maximum absolute atomic E-state index is 12.7. The molecule has 0 aliphatic heterocycles. The quantitative estimate of drug-likeness (QED) is 0.653. The molecule has 0 aliphatic carbocycles. The van der Waals surface area contributed by atoms with Gasteiger partial charge in [0, 0.05) is 11.3 Å². The summed E-state index contributed by atoms with van der Waals surface area (Å²) in [6, 6.07) is 10.2. The summed E-state index contributed by atoms with van der Waals surface area (Å²) in [4.78, 5) is 23.7. The number of hydrogen-bond acceptors (Lipinski definition) is 5. The SMILES string of the molecule is CCOc1cc(C(=O)Nc2ccc(CC(N)=O)cc2)cc(OCC)c1OCC. The second kappa shape index (κ2) is 10.2. The van der Waals surface area contributed by atoms with Gasteiger partial charge in [0.05, 0.1) is 26.2 Å². The summed E-state index contributed by atoms with van der Waals surface area (Å²) in [5.74, 6) is 0.679. The molecule has 2 amide bonds. The van der Waals surface area contributed by atoms with Gasteiger partial charge in [0.1, 0.15) is 0 Å². The molecule has 150 valence electrons. The van der Waals surface area contributed by atoms with E-state index in [1.54, 1.807) is 36.4 Å². The van der Waals surface area contributed by atoms with Gasteiger partial charge in [-0.25, -0.2) is 0 Å². The highest BCUT2D eigenvalue weighted by molar-refractivity contribution is 6.05. The third-order valence-corrected chi connectivity index (χ3v) is 3.76. The highest BCUT2D eigenvalue weighted by Crippen LogP contribution is 2.39. The van der Waals surface area contributed by atoms with Crippen LogP contribution in [-0.4, -0.2) is 31.6 Å². The minimum absolute atomic E-state index is 0.155. The standard InChI is InChI=1S/C21H26N2O5/c1-4-26-17-12-15(13-18(27-5-2)20(17)28-6-3)21(25)23-16-9-7-14(8-10-16)11-19(22)24/h7-10,12-13H,4-6,11H2,1-3H3,(H2,22,24)(H,23,25). The molecule has 0 atom stereocenters. The Morgan fingerprint density at radius 2 is 1.43 bits per heavy atom. The van der Waals surface area contributed by atoms with Crippen LogP contribution < -0.4 is 25.3 Å². The Morgan fingerprint density at radius 1 is 0.893 bits per heavy atom. The van der Waals surface area contributed by atoms with Crippen molar-refractivity contribution in [3.05, 3.63) is 47.5 Å². The molecule has 0 unspecified atom stereocenters. The van der Waals surface area contributed by atoms with Crippen LogP contribution in [-0.2, 0) is 11.2 Å². The van der Waals surface area contributed by atoms with E-state index < -0.39 is 5.91 Å². The minimum atomic E-state index is -0.405. The molecule has 0 aliphatic rings. The third kappa shape index (κ3) is 5.64. The van der Waals surface area contributed by atoms with Crippen molar-refractivity contribution in [1.82, 2.24) is 0 Å². The predicted octanol–water partition coefficient (Wildman–Crippen LogP) is 3.16. The summed E-state index contributed by atoms with van der Waals surface area (Å²) in [6.45, 7) is 6.89. The molecule has 2 aromatic rings. The first kappa shape index (κ1) is 21.1. The van der Waals surface area contributed by atoms with Gasteiger partial charge in [-0.1, -0.05) is 12.1 Å². The van der Waals surface area contributed by atoms with Crippen LogP contribution in [0.3, 0.4) is 0 Å². The van der Waals surface area contributed by atoms with E-state index in [1.165, 1.54) is 0 Å². The van der Waals surface area contributed by atoms with Gasteiger partial charge >= 0.3 is 0 Å². The van der Waals surface area contributed by atoms with Crippen LogP contribution in [0.1, 0.15) is 36.7 Å². The van der Waals surface area contributed by atoms with Crippen molar-refractivity contribution in [3.8, 4) is 17.2 Å². The van der Waals surface area contributed by atoms with Crippen molar-refractivity contribution >= 4 is 17.5 Å². The summed E-state index contributed by atoms with van der Waals surface area (Å²) in [6.07, 6.45) is 0.155. The van der Waals surface area contributed by atoms with Crippen molar-refractivity contribution in [2.45, 2.75) is 27.2 Å². The molecule has 0 fully saturated rings.